The first kappa shape index (κ1) is 18.3. The van der Waals surface area contributed by atoms with E-state index in [-0.39, 0.29) is 5.91 Å². The molecule has 6 nitrogen and oxygen atoms in total. The zero-order valence-electron chi connectivity index (χ0n) is 15.5. The molecule has 0 bridgehead atoms. The lowest BCUT2D eigenvalue weighted by molar-refractivity contribution is -0.155. The predicted molar refractivity (Wildman–Crippen MR) is 112 cm³/mol. The highest BCUT2D eigenvalue weighted by Crippen LogP contribution is 2.37. The molecule has 1 unspecified atom stereocenters. The number of aromatic nitrogens is 1. The van der Waals surface area contributed by atoms with Gasteiger partial charge in [-0.2, -0.15) is 0 Å². The van der Waals surface area contributed by atoms with E-state index in [0.717, 1.165) is 22.2 Å². The molecule has 3 aromatic rings. The first-order valence-corrected chi connectivity index (χ1v) is 9.99. The minimum atomic E-state index is -1.65. The van der Waals surface area contributed by atoms with Gasteiger partial charge in [0, 0.05) is 51.7 Å². The van der Waals surface area contributed by atoms with Crippen LogP contribution in [0.3, 0.4) is 0 Å². The molecule has 5 rings (SSSR count). The summed E-state index contributed by atoms with van der Waals surface area (Å²) in [5.41, 5.74) is 1.90. The molecule has 0 radical (unpaired) electrons. The molecule has 2 N–H and O–H groups in total. The molecule has 8 heteroatoms. The molecule has 0 spiro atoms. The average molecular weight is 430 g/mol. The van der Waals surface area contributed by atoms with Gasteiger partial charge in [0.2, 0.25) is 0 Å². The number of halogens is 2. The minimum absolute atomic E-state index is 0.377. The van der Waals surface area contributed by atoms with E-state index in [1.165, 1.54) is 6.92 Å². The number of hydrogen-bond acceptors (Lipinski definition) is 3. The summed E-state index contributed by atoms with van der Waals surface area (Å²) < 4.78 is 5.89. The van der Waals surface area contributed by atoms with Crippen LogP contribution in [0.4, 0.5) is 5.69 Å². The SMILES string of the molecule is CC1(C(=O)N2CCc3[nH]c4ccc(Cl)cc4c3C2)Oc2ccc(Cl)cc2NC1=O. The van der Waals surface area contributed by atoms with Crippen LogP contribution in [0.2, 0.25) is 10.0 Å². The average Bonchev–Trinajstić information content (AvgIpc) is 3.05. The fourth-order valence-electron chi connectivity index (χ4n) is 4.00. The highest BCUT2D eigenvalue weighted by atomic mass is 35.5. The van der Waals surface area contributed by atoms with Gasteiger partial charge in [0.05, 0.1) is 5.69 Å². The molecule has 148 valence electrons. The number of carbonyl (C=O) groups is 2. The van der Waals surface area contributed by atoms with Crippen molar-refractivity contribution in [2.24, 2.45) is 0 Å². The molecule has 1 atom stereocenters. The quantitative estimate of drug-likeness (QED) is 0.570. The number of benzene rings is 2. The molecule has 3 heterocycles. The Morgan fingerprint density at radius 1 is 1.17 bits per heavy atom. The van der Waals surface area contributed by atoms with Gasteiger partial charge < -0.3 is 19.9 Å². The second-order valence-electron chi connectivity index (χ2n) is 7.48. The van der Waals surface area contributed by atoms with E-state index in [1.54, 1.807) is 23.1 Å². The second-order valence-corrected chi connectivity index (χ2v) is 8.35. The molecule has 0 aliphatic carbocycles. The van der Waals surface area contributed by atoms with Crippen LogP contribution in [-0.4, -0.2) is 33.8 Å². The summed E-state index contributed by atoms with van der Waals surface area (Å²) in [7, 11) is 0. The van der Waals surface area contributed by atoms with Crippen molar-refractivity contribution in [2.45, 2.75) is 25.5 Å². The summed E-state index contributed by atoms with van der Waals surface area (Å²) in [5.74, 6) is -0.468. The lowest BCUT2D eigenvalue weighted by atomic mass is 9.97. The van der Waals surface area contributed by atoms with Crippen molar-refractivity contribution in [3.63, 3.8) is 0 Å². The Morgan fingerprint density at radius 3 is 2.76 bits per heavy atom. The zero-order chi connectivity index (χ0) is 20.3. The number of nitrogens with zero attached hydrogens (tertiary/aromatic N) is 1. The number of ether oxygens (including phenoxy) is 1. The van der Waals surface area contributed by atoms with E-state index in [2.05, 4.69) is 10.3 Å². The van der Waals surface area contributed by atoms with Gasteiger partial charge in [-0.1, -0.05) is 23.2 Å². The predicted octanol–water partition coefficient (Wildman–Crippen LogP) is 4.15. The molecule has 2 amide bonds. The Kier molecular flexibility index (Phi) is 4.05. The number of carbonyl (C=O) groups excluding carboxylic acids is 2. The third-order valence-corrected chi connectivity index (χ3v) is 6.04. The van der Waals surface area contributed by atoms with Crippen LogP contribution < -0.4 is 10.1 Å². The maximum atomic E-state index is 13.4. The third kappa shape index (κ3) is 2.86. The first-order valence-electron chi connectivity index (χ1n) is 9.23. The number of amides is 2. The monoisotopic (exact) mass is 429 g/mol. The Labute approximate surface area is 176 Å². The van der Waals surface area contributed by atoms with Crippen LogP contribution in [-0.2, 0) is 22.6 Å². The van der Waals surface area contributed by atoms with Crippen LogP contribution in [0.25, 0.3) is 10.9 Å². The number of nitrogens with one attached hydrogen (secondary N) is 2. The van der Waals surface area contributed by atoms with Crippen molar-refractivity contribution in [2.75, 3.05) is 11.9 Å². The van der Waals surface area contributed by atoms with E-state index in [0.29, 0.717) is 41.0 Å². The van der Waals surface area contributed by atoms with Crippen molar-refractivity contribution in [3.8, 4) is 5.75 Å². The Morgan fingerprint density at radius 2 is 1.93 bits per heavy atom. The maximum absolute atomic E-state index is 13.4. The van der Waals surface area contributed by atoms with Crippen LogP contribution in [0.1, 0.15) is 18.2 Å². The van der Waals surface area contributed by atoms with Crippen LogP contribution in [0, 0.1) is 0 Å². The molecule has 0 saturated heterocycles. The Hall–Kier alpha value is -2.70. The summed E-state index contributed by atoms with van der Waals surface area (Å²) >= 11 is 12.1. The van der Waals surface area contributed by atoms with Gasteiger partial charge >= 0.3 is 0 Å². The molecule has 2 aliphatic heterocycles. The van der Waals surface area contributed by atoms with Gasteiger partial charge in [0.25, 0.3) is 17.4 Å². The third-order valence-electron chi connectivity index (χ3n) is 5.57. The summed E-state index contributed by atoms with van der Waals surface area (Å²) in [6.45, 7) is 2.38. The Bertz CT molecular complexity index is 1190. The molecule has 0 fully saturated rings. The second kappa shape index (κ2) is 6.40. The summed E-state index contributed by atoms with van der Waals surface area (Å²) in [5, 5.41) is 4.85. The van der Waals surface area contributed by atoms with E-state index in [4.69, 9.17) is 27.9 Å². The van der Waals surface area contributed by atoms with Gasteiger partial charge in [-0.15, -0.1) is 0 Å². The fraction of sp³-hybridized carbons (Fsp3) is 0.238. The van der Waals surface area contributed by atoms with Gasteiger partial charge in [0.1, 0.15) is 5.75 Å². The van der Waals surface area contributed by atoms with Crippen molar-refractivity contribution in [1.82, 2.24) is 9.88 Å². The van der Waals surface area contributed by atoms with Gasteiger partial charge in [-0.05, 0) is 43.3 Å². The normalized spacial score (nSPS) is 20.7. The number of hydrogen-bond donors (Lipinski definition) is 2. The fourth-order valence-corrected chi connectivity index (χ4v) is 4.34. The van der Waals surface area contributed by atoms with Crippen LogP contribution in [0.5, 0.6) is 5.75 Å². The first-order chi connectivity index (χ1) is 13.8. The van der Waals surface area contributed by atoms with E-state index >= 15 is 0 Å². The largest absolute Gasteiger partial charge is 0.466 e. The standard InChI is InChI=1S/C21H17Cl2N3O3/c1-21(19(27)25-17-9-12(23)3-5-18(17)29-21)20(28)26-7-6-16-14(10-26)13-8-11(22)2-4-15(13)24-16/h2-5,8-9,24H,6-7,10H2,1H3,(H,25,27). The van der Waals surface area contributed by atoms with E-state index in [1.807, 2.05) is 18.2 Å². The molecule has 1 aromatic heterocycles. The summed E-state index contributed by atoms with van der Waals surface area (Å²) in [4.78, 5) is 31.2. The van der Waals surface area contributed by atoms with Crippen molar-refractivity contribution in [1.29, 1.82) is 0 Å². The highest BCUT2D eigenvalue weighted by molar-refractivity contribution is 6.31. The van der Waals surface area contributed by atoms with Gasteiger partial charge in [-0.3, -0.25) is 9.59 Å². The molecule has 2 aliphatic rings. The number of H-pyrrole nitrogens is 1. The lowest BCUT2D eigenvalue weighted by Gasteiger charge is -2.38. The minimum Gasteiger partial charge on any atom is -0.466 e. The molecule has 0 saturated carbocycles. The number of rotatable bonds is 1. The Balaban J connectivity index is 1.47. The summed E-state index contributed by atoms with van der Waals surface area (Å²) in [6.07, 6.45) is 0.664. The molecule has 29 heavy (non-hydrogen) atoms. The van der Waals surface area contributed by atoms with Crippen molar-refractivity contribution < 1.29 is 14.3 Å². The highest BCUT2D eigenvalue weighted by Gasteiger charge is 2.49. The van der Waals surface area contributed by atoms with Crippen LogP contribution >= 0.6 is 23.2 Å². The zero-order valence-corrected chi connectivity index (χ0v) is 17.0. The molecule has 2 aromatic carbocycles. The number of anilines is 1. The maximum Gasteiger partial charge on any atom is 0.278 e. The van der Waals surface area contributed by atoms with Gasteiger partial charge in [-0.25, -0.2) is 0 Å². The van der Waals surface area contributed by atoms with Crippen molar-refractivity contribution >= 4 is 51.6 Å². The van der Waals surface area contributed by atoms with Crippen LogP contribution in [0.15, 0.2) is 36.4 Å². The molecular formula is C21H17Cl2N3O3. The van der Waals surface area contributed by atoms with E-state index in [9.17, 15) is 9.59 Å². The molecular weight excluding hydrogens is 413 g/mol. The van der Waals surface area contributed by atoms with Gasteiger partial charge in [0.15, 0.2) is 0 Å². The van der Waals surface area contributed by atoms with Crippen molar-refractivity contribution in [3.05, 3.63) is 57.7 Å². The topological polar surface area (TPSA) is 74.4 Å². The summed E-state index contributed by atoms with van der Waals surface area (Å²) in [6, 6.07) is 10.6. The smallest absolute Gasteiger partial charge is 0.278 e. The number of fused-ring (bicyclic) bond motifs is 4. The van der Waals surface area contributed by atoms with E-state index < -0.39 is 11.5 Å². The lowest BCUT2D eigenvalue weighted by Crippen LogP contribution is -2.60. The number of aromatic amines is 1.